The van der Waals surface area contributed by atoms with E-state index in [0.717, 1.165) is 6.07 Å². The van der Waals surface area contributed by atoms with Gasteiger partial charge in [0, 0.05) is 10.6 Å². The Labute approximate surface area is 113 Å². The van der Waals surface area contributed by atoms with E-state index in [0.29, 0.717) is 4.90 Å². The largest absolute Gasteiger partial charge is 0.478 e. The molecule has 0 bridgehead atoms. The van der Waals surface area contributed by atoms with Crippen molar-refractivity contribution >= 4 is 17.7 Å². The van der Waals surface area contributed by atoms with Crippen LogP contribution < -0.4 is 0 Å². The van der Waals surface area contributed by atoms with Gasteiger partial charge in [-0.15, -0.1) is 11.8 Å². The van der Waals surface area contributed by atoms with Gasteiger partial charge in [0.05, 0.1) is 5.56 Å². The van der Waals surface area contributed by atoms with Crippen LogP contribution in [0.1, 0.15) is 15.9 Å². The molecule has 98 valence electrons. The summed E-state index contributed by atoms with van der Waals surface area (Å²) in [6.45, 7) is 0. The summed E-state index contributed by atoms with van der Waals surface area (Å²) in [4.78, 5) is 11.5. The zero-order valence-corrected chi connectivity index (χ0v) is 10.6. The van der Waals surface area contributed by atoms with Crippen LogP contribution in [0.2, 0.25) is 0 Å². The van der Waals surface area contributed by atoms with Crippen molar-refractivity contribution in [2.45, 2.75) is 10.6 Å². The van der Waals surface area contributed by atoms with Gasteiger partial charge in [-0.1, -0.05) is 6.07 Å². The normalized spacial score (nSPS) is 10.4. The van der Waals surface area contributed by atoms with E-state index >= 15 is 0 Å². The molecule has 19 heavy (non-hydrogen) atoms. The number of hydrogen-bond donors (Lipinski definition) is 1. The molecule has 0 spiro atoms. The fourth-order valence-electron chi connectivity index (χ4n) is 1.54. The van der Waals surface area contributed by atoms with Crippen LogP contribution in [0.3, 0.4) is 0 Å². The van der Waals surface area contributed by atoms with Crippen LogP contribution in [0.5, 0.6) is 0 Å². The molecule has 0 saturated heterocycles. The van der Waals surface area contributed by atoms with Crippen LogP contribution in [0.4, 0.5) is 8.78 Å². The Kier molecular flexibility index (Phi) is 4.16. The van der Waals surface area contributed by atoms with Crippen LogP contribution >= 0.6 is 11.8 Å². The second-order valence-electron chi connectivity index (χ2n) is 3.86. The van der Waals surface area contributed by atoms with Gasteiger partial charge in [-0.2, -0.15) is 0 Å². The maximum Gasteiger partial charge on any atom is 0.335 e. The topological polar surface area (TPSA) is 37.3 Å². The molecule has 2 rings (SSSR count). The van der Waals surface area contributed by atoms with Crippen molar-refractivity contribution in [1.82, 2.24) is 0 Å². The Balaban J connectivity index is 2.15. The lowest BCUT2D eigenvalue weighted by Crippen LogP contribution is -1.99. The maximum absolute atomic E-state index is 13.5. The van der Waals surface area contributed by atoms with Gasteiger partial charge < -0.3 is 5.11 Å². The molecule has 0 unspecified atom stereocenters. The highest BCUT2D eigenvalue weighted by Gasteiger charge is 2.09. The number of carboxylic acids is 1. The summed E-state index contributed by atoms with van der Waals surface area (Å²) in [5.74, 6) is -1.67. The SMILES string of the molecule is O=C(O)c1ccc(F)c(CSc2cccc(F)c2)c1. The molecule has 1 N–H and O–H groups in total. The van der Waals surface area contributed by atoms with Crippen molar-refractivity contribution in [3.8, 4) is 0 Å². The predicted octanol–water partition coefficient (Wildman–Crippen LogP) is 3.96. The Hall–Kier alpha value is -1.88. The van der Waals surface area contributed by atoms with Crippen molar-refractivity contribution < 1.29 is 18.7 Å². The van der Waals surface area contributed by atoms with Gasteiger partial charge >= 0.3 is 5.97 Å². The zero-order chi connectivity index (χ0) is 13.8. The predicted molar refractivity (Wildman–Crippen MR) is 69.3 cm³/mol. The molecule has 0 aliphatic heterocycles. The van der Waals surface area contributed by atoms with E-state index in [1.54, 1.807) is 12.1 Å². The van der Waals surface area contributed by atoms with E-state index in [9.17, 15) is 13.6 Å². The molecule has 0 atom stereocenters. The molecule has 2 aromatic rings. The van der Waals surface area contributed by atoms with Crippen LogP contribution in [0.25, 0.3) is 0 Å². The van der Waals surface area contributed by atoms with Crippen molar-refractivity contribution in [1.29, 1.82) is 0 Å². The van der Waals surface area contributed by atoms with E-state index in [-0.39, 0.29) is 22.7 Å². The van der Waals surface area contributed by atoms with Crippen molar-refractivity contribution in [2.75, 3.05) is 0 Å². The number of aromatic carboxylic acids is 1. The lowest BCUT2D eigenvalue weighted by molar-refractivity contribution is 0.0696. The van der Waals surface area contributed by atoms with E-state index in [1.165, 1.54) is 36.0 Å². The van der Waals surface area contributed by atoms with Gasteiger partial charge in [0.15, 0.2) is 0 Å². The van der Waals surface area contributed by atoms with Gasteiger partial charge in [0.25, 0.3) is 0 Å². The number of thioether (sulfide) groups is 1. The van der Waals surface area contributed by atoms with Gasteiger partial charge in [0.2, 0.25) is 0 Å². The summed E-state index contributed by atoms with van der Waals surface area (Å²) in [5.41, 5.74) is 0.324. The average Bonchev–Trinajstić information content (AvgIpc) is 2.37. The Bertz CT molecular complexity index is 614. The van der Waals surface area contributed by atoms with E-state index in [1.807, 2.05) is 0 Å². The van der Waals surface area contributed by atoms with Crippen molar-refractivity contribution in [3.05, 3.63) is 65.2 Å². The van der Waals surface area contributed by atoms with E-state index in [4.69, 9.17) is 5.11 Å². The number of benzene rings is 2. The minimum Gasteiger partial charge on any atom is -0.478 e. The minimum absolute atomic E-state index is 0.0382. The molecule has 0 heterocycles. The van der Waals surface area contributed by atoms with Crippen molar-refractivity contribution in [3.63, 3.8) is 0 Å². The highest BCUT2D eigenvalue weighted by molar-refractivity contribution is 7.98. The standard InChI is InChI=1S/C14H10F2O2S/c15-11-2-1-3-12(7-11)19-8-10-6-9(14(17)18)4-5-13(10)16/h1-7H,8H2,(H,17,18). The van der Waals surface area contributed by atoms with Crippen molar-refractivity contribution in [2.24, 2.45) is 0 Å². The summed E-state index contributed by atoms with van der Waals surface area (Å²) >= 11 is 1.25. The first-order valence-corrected chi connectivity index (χ1v) is 6.45. The third-order valence-corrected chi connectivity index (χ3v) is 3.53. The summed E-state index contributed by atoms with van der Waals surface area (Å²) < 4.78 is 26.5. The van der Waals surface area contributed by atoms with Crippen LogP contribution in [-0.2, 0) is 5.75 Å². The fourth-order valence-corrected chi connectivity index (χ4v) is 2.45. The Morgan fingerprint density at radius 1 is 1.16 bits per heavy atom. The molecule has 2 aromatic carbocycles. The third-order valence-electron chi connectivity index (χ3n) is 2.48. The quantitative estimate of drug-likeness (QED) is 0.861. The lowest BCUT2D eigenvalue weighted by Gasteiger charge is -2.05. The molecule has 0 saturated carbocycles. The molecule has 0 aromatic heterocycles. The summed E-state index contributed by atoms with van der Waals surface area (Å²) in [5, 5.41) is 8.84. The first-order chi connectivity index (χ1) is 9.06. The molecule has 0 amide bonds. The molecule has 0 aliphatic rings. The molecular formula is C14H10F2O2S. The molecule has 2 nitrogen and oxygen atoms in total. The van der Waals surface area contributed by atoms with Gasteiger partial charge in [-0.3, -0.25) is 0 Å². The molecule has 0 fully saturated rings. The van der Waals surface area contributed by atoms with Crippen LogP contribution in [-0.4, -0.2) is 11.1 Å². The minimum atomic E-state index is -1.10. The van der Waals surface area contributed by atoms with Crippen LogP contribution in [0, 0.1) is 11.6 Å². The van der Waals surface area contributed by atoms with Gasteiger partial charge in [-0.05, 0) is 42.0 Å². The molecular weight excluding hydrogens is 270 g/mol. The van der Waals surface area contributed by atoms with Gasteiger partial charge in [-0.25, -0.2) is 13.6 Å². The summed E-state index contributed by atoms with van der Waals surface area (Å²) in [6.07, 6.45) is 0. The second kappa shape index (κ2) is 5.84. The summed E-state index contributed by atoms with van der Waals surface area (Å²) in [7, 11) is 0. The fraction of sp³-hybridized carbons (Fsp3) is 0.0714. The monoisotopic (exact) mass is 280 g/mol. The number of carbonyl (C=O) groups is 1. The smallest absolute Gasteiger partial charge is 0.335 e. The molecule has 5 heteroatoms. The first kappa shape index (κ1) is 13.5. The zero-order valence-electron chi connectivity index (χ0n) is 9.77. The molecule has 0 aliphatic carbocycles. The van der Waals surface area contributed by atoms with E-state index < -0.39 is 11.8 Å². The first-order valence-electron chi connectivity index (χ1n) is 5.46. The third kappa shape index (κ3) is 3.54. The summed E-state index contributed by atoms with van der Waals surface area (Å²) in [6, 6.07) is 9.61. The average molecular weight is 280 g/mol. The van der Waals surface area contributed by atoms with E-state index in [2.05, 4.69) is 0 Å². The maximum atomic E-state index is 13.5. The lowest BCUT2D eigenvalue weighted by atomic mass is 10.1. The second-order valence-corrected chi connectivity index (χ2v) is 4.91. The Morgan fingerprint density at radius 2 is 1.95 bits per heavy atom. The van der Waals surface area contributed by atoms with Crippen LogP contribution in [0.15, 0.2) is 47.4 Å². The number of halogens is 2. The highest BCUT2D eigenvalue weighted by Crippen LogP contribution is 2.25. The number of rotatable bonds is 4. The van der Waals surface area contributed by atoms with Gasteiger partial charge in [0.1, 0.15) is 11.6 Å². The molecule has 0 radical (unpaired) electrons. The highest BCUT2D eigenvalue weighted by atomic mass is 32.2. The number of hydrogen-bond acceptors (Lipinski definition) is 2. The number of carboxylic acid groups (broad SMARTS) is 1. The Morgan fingerprint density at radius 3 is 2.63 bits per heavy atom.